The largest absolute Gasteiger partial charge is 0.312 e. The van der Waals surface area contributed by atoms with Gasteiger partial charge in [-0.1, -0.05) is 19.9 Å². The quantitative estimate of drug-likeness (QED) is 0.862. The van der Waals surface area contributed by atoms with Gasteiger partial charge in [0.1, 0.15) is 0 Å². The number of sulfonamides is 1. The summed E-state index contributed by atoms with van der Waals surface area (Å²) in [7, 11) is -3.65. The van der Waals surface area contributed by atoms with Crippen molar-refractivity contribution in [2.45, 2.75) is 45.4 Å². The Morgan fingerprint density at radius 2 is 1.81 bits per heavy atom. The number of rotatable bonds is 4. The zero-order chi connectivity index (χ0) is 19.8. The van der Waals surface area contributed by atoms with Gasteiger partial charge in [-0.2, -0.15) is 0 Å². The van der Waals surface area contributed by atoms with Crippen molar-refractivity contribution in [2.24, 2.45) is 5.92 Å². The monoisotopic (exact) mass is 386 g/mol. The molecule has 0 fully saturated rings. The van der Waals surface area contributed by atoms with E-state index in [4.69, 9.17) is 0 Å². The first-order valence-electron chi connectivity index (χ1n) is 9.23. The summed E-state index contributed by atoms with van der Waals surface area (Å²) >= 11 is 0. The van der Waals surface area contributed by atoms with Crippen LogP contribution in [0, 0.1) is 19.8 Å². The Labute approximate surface area is 161 Å². The SMILES string of the molecule is Cc1ccc(S(=O)(=O)Nc2ccc3c(c2)CCCN3C(=O)C(C)C)cc1C. The van der Waals surface area contributed by atoms with Gasteiger partial charge in [-0.15, -0.1) is 0 Å². The minimum Gasteiger partial charge on any atom is -0.312 e. The second-order valence-electron chi connectivity index (χ2n) is 7.44. The third kappa shape index (κ3) is 4.00. The fourth-order valence-electron chi connectivity index (χ4n) is 3.30. The Balaban J connectivity index is 1.89. The number of carbonyl (C=O) groups excluding carboxylic acids is 1. The summed E-state index contributed by atoms with van der Waals surface area (Å²) in [6.07, 6.45) is 1.70. The molecule has 27 heavy (non-hydrogen) atoms. The molecule has 0 aromatic heterocycles. The van der Waals surface area contributed by atoms with Crippen LogP contribution < -0.4 is 9.62 Å². The topological polar surface area (TPSA) is 66.5 Å². The number of nitrogens with one attached hydrogen (secondary N) is 1. The molecule has 1 aliphatic rings. The molecule has 144 valence electrons. The second-order valence-corrected chi connectivity index (χ2v) is 9.13. The minimum atomic E-state index is -3.65. The van der Waals surface area contributed by atoms with E-state index in [1.807, 2.05) is 50.8 Å². The standard InChI is InChI=1S/C21H26N2O3S/c1-14(2)21(24)23-11-5-6-17-13-18(8-10-20(17)23)22-27(25,26)19-9-7-15(3)16(4)12-19/h7-10,12-14,22H,5-6,11H2,1-4H3. The fraction of sp³-hybridized carbons (Fsp3) is 0.381. The first-order valence-corrected chi connectivity index (χ1v) is 10.7. The summed E-state index contributed by atoms with van der Waals surface area (Å²) in [5, 5.41) is 0. The molecule has 0 saturated heterocycles. The average molecular weight is 387 g/mol. The number of aryl methyl sites for hydroxylation is 3. The third-order valence-corrected chi connectivity index (χ3v) is 6.38. The maximum Gasteiger partial charge on any atom is 0.261 e. The molecule has 0 unspecified atom stereocenters. The lowest BCUT2D eigenvalue weighted by molar-refractivity contribution is -0.121. The molecule has 1 heterocycles. The van der Waals surface area contributed by atoms with Crippen molar-refractivity contribution in [1.82, 2.24) is 0 Å². The zero-order valence-electron chi connectivity index (χ0n) is 16.2. The smallest absolute Gasteiger partial charge is 0.261 e. The van der Waals surface area contributed by atoms with Crippen molar-refractivity contribution >= 4 is 27.3 Å². The van der Waals surface area contributed by atoms with Gasteiger partial charge < -0.3 is 4.90 Å². The van der Waals surface area contributed by atoms with Gasteiger partial charge in [-0.3, -0.25) is 9.52 Å². The summed E-state index contributed by atoms with van der Waals surface area (Å²) in [4.78, 5) is 14.5. The molecule has 2 aromatic rings. The molecule has 1 amide bonds. The van der Waals surface area contributed by atoms with E-state index in [1.54, 1.807) is 18.2 Å². The number of fused-ring (bicyclic) bond motifs is 1. The molecule has 0 atom stereocenters. The van der Waals surface area contributed by atoms with Crippen molar-refractivity contribution in [3.05, 3.63) is 53.1 Å². The van der Waals surface area contributed by atoms with Crippen molar-refractivity contribution in [1.29, 1.82) is 0 Å². The molecule has 3 rings (SSSR count). The molecular weight excluding hydrogens is 360 g/mol. The van der Waals surface area contributed by atoms with E-state index in [1.165, 1.54) is 0 Å². The highest BCUT2D eigenvalue weighted by Crippen LogP contribution is 2.31. The predicted molar refractivity (Wildman–Crippen MR) is 109 cm³/mol. The van der Waals surface area contributed by atoms with Gasteiger partial charge in [-0.25, -0.2) is 8.42 Å². The van der Waals surface area contributed by atoms with Gasteiger partial charge in [0.25, 0.3) is 10.0 Å². The zero-order valence-corrected chi connectivity index (χ0v) is 17.1. The Morgan fingerprint density at radius 1 is 1.07 bits per heavy atom. The van der Waals surface area contributed by atoms with Crippen LogP contribution in [0.25, 0.3) is 0 Å². The van der Waals surface area contributed by atoms with Crippen molar-refractivity contribution in [2.75, 3.05) is 16.2 Å². The summed E-state index contributed by atoms with van der Waals surface area (Å²) in [5.41, 5.74) is 4.39. The Hall–Kier alpha value is -2.34. The van der Waals surface area contributed by atoms with E-state index in [0.29, 0.717) is 12.2 Å². The Morgan fingerprint density at radius 3 is 2.48 bits per heavy atom. The van der Waals surface area contributed by atoms with Gasteiger partial charge in [0.05, 0.1) is 4.90 Å². The van der Waals surface area contributed by atoms with Crippen LogP contribution in [0.4, 0.5) is 11.4 Å². The number of amides is 1. The van der Waals surface area contributed by atoms with Crippen molar-refractivity contribution in [3.63, 3.8) is 0 Å². The Kier molecular flexibility index (Phi) is 5.29. The van der Waals surface area contributed by atoms with Crippen LogP contribution in [0.15, 0.2) is 41.3 Å². The molecule has 0 bridgehead atoms. The van der Waals surface area contributed by atoms with Gasteiger partial charge in [-0.05, 0) is 73.7 Å². The highest BCUT2D eigenvalue weighted by atomic mass is 32.2. The lowest BCUT2D eigenvalue weighted by Gasteiger charge is -2.31. The van der Waals surface area contributed by atoms with E-state index in [2.05, 4.69) is 4.72 Å². The minimum absolute atomic E-state index is 0.0705. The molecule has 0 aliphatic carbocycles. The van der Waals surface area contributed by atoms with Crippen LogP contribution in [0.2, 0.25) is 0 Å². The van der Waals surface area contributed by atoms with Crippen LogP contribution in [-0.2, 0) is 21.2 Å². The summed E-state index contributed by atoms with van der Waals surface area (Å²) in [5.74, 6) is 0.0262. The maximum absolute atomic E-state index is 12.7. The van der Waals surface area contributed by atoms with Crippen molar-refractivity contribution in [3.8, 4) is 0 Å². The molecule has 0 saturated carbocycles. The average Bonchev–Trinajstić information content (AvgIpc) is 2.62. The van der Waals surface area contributed by atoms with Gasteiger partial charge in [0, 0.05) is 23.8 Å². The molecule has 1 N–H and O–H groups in total. The van der Waals surface area contributed by atoms with Gasteiger partial charge in [0.15, 0.2) is 0 Å². The fourth-order valence-corrected chi connectivity index (χ4v) is 4.43. The number of carbonyl (C=O) groups is 1. The van der Waals surface area contributed by atoms with E-state index in [0.717, 1.165) is 35.2 Å². The van der Waals surface area contributed by atoms with E-state index < -0.39 is 10.0 Å². The number of hydrogen-bond donors (Lipinski definition) is 1. The lowest BCUT2D eigenvalue weighted by atomic mass is 9.99. The summed E-state index contributed by atoms with van der Waals surface area (Å²) in [6, 6.07) is 10.5. The number of hydrogen-bond acceptors (Lipinski definition) is 3. The molecule has 0 spiro atoms. The molecule has 1 aliphatic heterocycles. The van der Waals surface area contributed by atoms with Crippen LogP contribution in [-0.4, -0.2) is 20.9 Å². The normalized spacial score (nSPS) is 14.2. The van der Waals surface area contributed by atoms with Crippen LogP contribution in [0.5, 0.6) is 0 Å². The Bertz CT molecular complexity index is 981. The number of nitrogens with zero attached hydrogens (tertiary/aromatic N) is 1. The highest BCUT2D eigenvalue weighted by molar-refractivity contribution is 7.92. The van der Waals surface area contributed by atoms with Crippen LogP contribution in [0.3, 0.4) is 0 Å². The second kappa shape index (κ2) is 7.35. The third-order valence-electron chi connectivity index (χ3n) is 5.00. The van der Waals surface area contributed by atoms with E-state index in [-0.39, 0.29) is 16.7 Å². The number of anilines is 2. The lowest BCUT2D eigenvalue weighted by Crippen LogP contribution is -2.38. The molecule has 6 heteroatoms. The molecule has 0 radical (unpaired) electrons. The number of benzene rings is 2. The summed E-state index contributed by atoms with van der Waals surface area (Å²) in [6.45, 7) is 8.34. The summed E-state index contributed by atoms with van der Waals surface area (Å²) < 4.78 is 28.1. The van der Waals surface area contributed by atoms with E-state index in [9.17, 15) is 13.2 Å². The first kappa shape index (κ1) is 19.4. The molecular formula is C21H26N2O3S. The molecule has 5 nitrogen and oxygen atoms in total. The van der Waals surface area contributed by atoms with Crippen molar-refractivity contribution < 1.29 is 13.2 Å². The highest BCUT2D eigenvalue weighted by Gasteiger charge is 2.25. The molecule has 2 aromatic carbocycles. The predicted octanol–water partition coefficient (Wildman–Crippen LogP) is 4.04. The van der Waals surface area contributed by atoms with Gasteiger partial charge >= 0.3 is 0 Å². The van der Waals surface area contributed by atoms with Gasteiger partial charge in [0.2, 0.25) is 5.91 Å². The van der Waals surface area contributed by atoms with Crippen LogP contribution in [0.1, 0.15) is 37.0 Å². The first-order chi connectivity index (χ1) is 12.7. The maximum atomic E-state index is 12.7. The van der Waals surface area contributed by atoms with Crippen LogP contribution >= 0.6 is 0 Å². The van der Waals surface area contributed by atoms with E-state index >= 15 is 0 Å².